The third kappa shape index (κ3) is 9.00. The molecule has 1 rings (SSSR count). The van der Waals surface area contributed by atoms with Gasteiger partial charge in [-0.05, 0) is 18.9 Å². The Hall–Kier alpha value is -1.14. The fourth-order valence-corrected chi connectivity index (χ4v) is 2.15. The molecule has 2 unspecified atom stereocenters. The molecule has 0 aliphatic heterocycles. The van der Waals surface area contributed by atoms with E-state index in [4.69, 9.17) is 4.74 Å². The van der Waals surface area contributed by atoms with Gasteiger partial charge in [0.2, 0.25) is 5.91 Å². The Morgan fingerprint density at radius 2 is 2.00 bits per heavy atom. The number of hydrogen-bond acceptors (Lipinski definition) is 4. The number of rotatable bonds is 10. The topological polar surface area (TPSA) is 70.6 Å². The van der Waals surface area contributed by atoms with Gasteiger partial charge in [-0.1, -0.05) is 30.3 Å². The van der Waals surface area contributed by atoms with E-state index < -0.39 is 6.10 Å². The Bertz CT molecular complexity index is 402. The van der Waals surface area contributed by atoms with E-state index in [0.717, 1.165) is 5.56 Å². The summed E-state index contributed by atoms with van der Waals surface area (Å²) in [5, 5.41) is 15.5. The molecule has 0 spiro atoms. The molecule has 0 radical (unpaired) electrons. The summed E-state index contributed by atoms with van der Waals surface area (Å²) in [5.41, 5.74) is 1.13. The van der Waals surface area contributed by atoms with Crippen molar-refractivity contribution in [3.63, 3.8) is 0 Å². The van der Waals surface area contributed by atoms with Gasteiger partial charge in [0, 0.05) is 26.1 Å². The van der Waals surface area contributed by atoms with Crippen LogP contribution in [0.2, 0.25) is 0 Å². The molecule has 1 amide bonds. The van der Waals surface area contributed by atoms with Crippen LogP contribution >= 0.6 is 12.4 Å². The third-order valence-corrected chi connectivity index (χ3v) is 3.21. The lowest BCUT2D eigenvalue weighted by Gasteiger charge is -2.19. The Kier molecular flexibility index (Phi) is 11.8. The minimum atomic E-state index is -0.396. The normalized spacial score (nSPS) is 13.0. The summed E-state index contributed by atoms with van der Waals surface area (Å²) in [6.07, 6.45) is 0.230. The van der Waals surface area contributed by atoms with E-state index in [0.29, 0.717) is 26.1 Å². The molecular weight excluding hydrogens is 304 g/mol. The second-order valence-corrected chi connectivity index (χ2v) is 5.17. The van der Waals surface area contributed by atoms with E-state index in [1.807, 2.05) is 30.3 Å². The molecule has 0 bridgehead atoms. The van der Waals surface area contributed by atoms with Gasteiger partial charge in [0.15, 0.2) is 0 Å². The van der Waals surface area contributed by atoms with Gasteiger partial charge in [-0.2, -0.15) is 0 Å². The zero-order valence-corrected chi connectivity index (χ0v) is 14.1. The summed E-state index contributed by atoms with van der Waals surface area (Å²) in [6.45, 7) is 3.81. The van der Waals surface area contributed by atoms with Crippen molar-refractivity contribution in [2.24, 2.45) is 0 Å². The molecular formula is C16H27ClN2O3. The molecule has 1 aromatic carbocycles. The Balaban J connectivity index is 0.00000441. The minimum Gasteiger partial charge on any atom is -0.393 e. The van der Waals surface area contributed by atoms with Gasteiger partial charge in [0.1, 0.15) is 0 Å². The molecule has 22 heavy (non-hydrogen) atoms. The van der Waals surface area contributed by atoms with Crippen molar-refractivity contribution >= 4 is 18.3 Å². The molecule has 0 heterocycles. The smallest absolute Gasteiger partial charge is 0.233 e. The van der Waals surface area contributed by atoms with Crippen LogP contribution in [-0.4, -0.2) is 50.5 Å². The molecule has 0 saturated carbocycles. The number of aliphatic hydroxyl groups excluding tert-OH is 1. The van der Waals surface area contributed by atoms with E-state index in [9.17, 15) is 9.90 Å². The summed E-state index contributed by atoms with van der Waals surface area (Å²) >= 11 is 0. The number of carbonyl (C=O) groups excluding carboxylic acids is 1. The maximum absolute atomic E-state index is 11.8. The highest BCUT2D eigenvalue weighted by Crippen LogP contribution is 2.20. The van der Waals surface area contributed by atoms with E-state index in [1.165, 1.54) is 0 Å². The zero-order valence-electron chi connectivity index (χ0n) is 13.2. The Morgan fingerprint density at radius 1 is 1.32 bits per heavy atom. The number of benzene rings is 1. The van der Waals surface area contributed by atoms with Gasteiger partial charge >= 0.3 is 0 Å². The summed E-state index contributed by atoms with van der Waals surface area (Å²) in [6, 6.07) is 9.95. The first kappa shape index (κ1) is 20.9. The molecule has 1 aromatic rings. The summed E-state index contributed by atoms with van der Waals surface area (Å²) in [7, 11) is 1.63. The first-order valence-corrected chi connectivity index (χ1v) is 7.32. The predicted molar refractivity (Wildman–Crippen MR) is 90.5 cm³/mol. The lowest BCUT2D eigenvalue weighted by molar-refractivity contribution is -0.120. The lowest BCUT2D eigenvalue weighted by Crippen LogP contribution is -2.37. The van der Waals surface area contributed by atoms with Crippen LogP contribution in [0.25, 0.3) is 0 Å². The van der Waals surface area contributed by atoms with Gasteiger partial charge in [0.05, 0.1) is 19.3 Å². The first-order chi connectivity index (χ1) is 10.1. The van der Waals surface area contributed by atoms with Crippen molar-refractivity contribution in [3.05, 3.63) is 35.9 Å². The molecule has 0 saturated heterocycles. The highest BCUT2D eigenvalue weighted by atomic mass is 35.5. The van der Waals surface area contributed by atoms with Gasteiger partial charge < -0.3 is 20.5 Å². The van der Waals surface area contributed by atoms with E-state index in [-0.39, 0.29) is 30.8 Å². The summed E-state index contributed by atoms with van der Waals surface area (Å²) in [4.78, 5) is 11.8. The van der Waals surface area contributed by atoms with Crippen molar-refractivity contribution in [3.8, 4) is 0 Å². The SMILES string of the molecule is COCCNCC(=O)NCC(CC(C)O)c1ccccc1.Cl. The minimum absolute atomic E-state index is 0. The van der Waals surface area contributed by atoms with Gasteiger partial charge in [-0.3, -0.25) is 4.79 Å². The standard InChI is InChI=1S/C16H26N2O3.ClH/c1-13(19)10-15(14-6-4-3-5-7-14)11-18-16(20)12-17-8-9-21-2;/h3-7,13,15,17,19H,8-12H2,1-2H3,(H,18,20);1H. The van der Waals surface area contributed by atoms with Crippen molar-refractivity contribution in [2.45, 2.75) is 25.4 Å². The number of hydrogen-bond donors (Lipinski definition) is 3. The highest BCUT2D eigenvalue weighted by molar-refractivity contribution is 5.85. The molecule has 2 atom stereocenters. The Labute approximate surface area is 138 Å². The average Bonchev–Trinajstić information content (AvgIpc) is 2.48. The number of halogens is 1. The maximum Gasteiger partial charge on any atom is 0.233 e. The van der Waals surface area contributed by atoms with Crippen LogP contribution < -0.4 is 10.6 Å². The molecule has 0 aliphatic carbocycles. The summed E-state index contributed by atoms with van der Waals surface area (Å²) in [5.74, 6) is 0.0757. The fraction of sp³-hybridized carbons (Fsp3) is 0.562. The number of aliphatic hydroxyl groups is 1. The van der Waals surface area contributed by atoms with Crippen LogP contribution in [0.4, 0.5) is 0 Å². The largest absolute Gasteiger partial charge is 0.393 e. The average molecular weight is 331 g/mol. The van der Waals surface area contributed by atoms with Gasteiger partial charge in [-0.15, -0.1) is 12.4 Å². The van der Waals surface area contributed by atoms with Crippen molar-refractivity contribution in [1.82, 2.24) is 10.6 Å². The van der Waals surface area contributed by atoms with E-state index in [2.05, 4.69) is 10.6 Å². The van der Waals surface area contributed by atoms with Crippen LogP contribution in [0, 0.1) is 0 Å². The van der Waals surface area contributed by atoms with Gasteiger partial charge in [0.25, 0.3) is 0 Å². The first-order valence-electron chi connectivity index (χ1n) is 7.32. The predicted octanol–water partition coefficient (Wildman–Crippen LogP) is 1.32. The molecule has 3 N–H and O–H groups in total. The van der Waals surface area contributed by atoms with E-state index in [1.54, 1.807) is 14.0 Å². The zero-order chi connectivity index (χ0) is 15.5. The van der Waals surface area contributed by atoms with Crippen LogP contribution in [0.3, 0.4) is 0 Å². The number of ether oxygens (including phenoxy) is 1. The number of methoxy groups -OCH3 is 1. The van der Waals surface area contributed by atoms with Crippen LogP contribution in [0.5, 0.6) is 0 Å². The number of amides is 1. The third-order valence-electron chi connectivity index (χ3n) is 3.21. The molecule has 0 fully saturated rings. The van der Waals surface area contributed by atoms with Crippen molar-refractivity contribution in [2.75, 3.05) is 33.4 Å². The quantitative estimate of drug-likeness (QED) is 0.566. The second-order valence-electron chi connectivity index (χ2n) is 5.17. The van der Waals surface area contributed by atoms with Gasteiger partial charge in [-0.25, -0.2) is 0 Å². The van der Waals surface area contributed by atoms with Crippen molar-refractivity contribution in [1.29, 1.82) is 0 Å². The van der Waals surface area contributed by atoms with Crippen LogP contribution in [0.1, 0.15) is 24.8 Å². The van der Waals surface area contributed by atoms with Crippen molar-refractivity contribution < 1.29 is 14.6 Å². The molecule has 6 heteroatoms. The highest BCUT2D eigenvalue weighted by Gasteiger charge is 2.15. The molecule has 0 aromatic heterocycles. The molecule has 126 valence electrons. The number of nitrogens with one attached hydrogen (secondary N) is 2. The summed E-state index contributed by atoms with van der Waals surface area (Å²) < 4.78 is 4.90. The maximum atomic E-state index is 11.8. The monoisotopic (exact) mass is 330 g/mol. The second kappa shape index (κ2) is 12.4. The molecule has 0 aliphatic rings. The van der Waals surface area contributed by atoms with E-state index >= 15 is 0 Å². The fourth-order valence-electron chi connectivity index (χ4n) is 2.15. The van der Waals surface area contributed by atoms with Crippen LogP contribution in [0.15, 0.2) is 30.3 Å². The lowest BCUT2D eigenvalue weighted by atomic mass is 9.93. The van der Waals surface area contributed by atoms with Crippen LogP contribution in [-0.2, 0) is 9.53 Å². The number of carbonyl (C=O) groups is 1. The molecule has 5 nitrogen and oxygen atoms in total. The Morgan fingerprint density at radius 3 is 2.59 bits per heavy atom.